The molecule has 2 N–H and O–H groups in total. The molecule has 0 radical (unpaired) electrons. The number of likely N-dealkylation sites (N-methyl/N-ethyl adjacent to an activating group) is 1. The molecular formula is C16H24N2O. The number of aliphatic hydroxyl groups excluding tert-OH is 1. The van der Waals surface area contributed by atoms with Gasteiger partial charge in [-0.1, -0.05) is 30.3 Å². The molecule has 1 atom stereocenters. The average Bonchev–Trinajstić information content (AvgIpc) is 3.31. The topological polar surface area (TPSA) is 35.5 Å². The Kier molecular flexibility index (Phi) is 3.61. The van der Waals surface area contributed by atoms with Gasteiger partial charge in [-0.05, 0) is 38.3 Å². The van der Waals surface area contributed by atoms with Crippen molar-refractivity contribution in [1.82, 2.24) is 10.2 Å². The van der Waals surface area contributed by atoms with Gasteiger partial charge in [0, 0.05) is 18.6 Å². The molecule has 1 aromatic rings. The third-order valence-electron chi connectivity index (χ3n) is 4.34. The van der Waals surface area contributed by atoms with Crippen LogP contribution >= 0.6 is 0 Å². The van der Waals surface area contributed by atoms with Crippen molar-refractivity contribution >= 4 is 0 Å². The number of hydrogen-bond acceptors (Lipinski definition) is 3. The van der Waals surface area contributed by atoms with Crippen molar-refractivity contribution in [3.8, 4) is 0 Å². The summed E-state index contributed by atoms with van der Waals surface area (Å²) in [6.45, 7) is 1.04. The fraction of sp³-hybridized carbons (Fsp3) is 0.625. The first-order chi connectivity index (χ1) is 9.23. The fourth-order valence-corrected chi connectivity index (χ4v) is 2.85. The van der Waals surface area contributed by atoms with E-state index in [4.69, 9.17) is 0 Å². The second kappa shape index (κ2) is 5.23. The van der Waals surface area contributed by atoms with Crippen molar-refractivity contribution in [3.05, 3.63) is 35.9 Å². The van der Waals surface area contributed by atoms with E-state index < -0.39 is 0 Å². The van der Waals surface area contributed by atoms with Gasteiger partial charge in [-0.25, -0.2) is 0 Å². The van der Waals surface area contributed by atoms with Crippen LogP contribution in [0.25, 0.3) is 0 Å². The zero-order valence-electron chi connectivity index (χ0n) is 11.7. The van der Waals surface area contributed by atoms with Gasteiger partial charge in [-0.3, -0.25) is 0 Å². The van der Waals surface area contributed by atoms with Gasteiger partial charge in [0.15, 0.2) is 0 Å². The Morgan fingerprint density at radius 1 is 1.21 bits per heavy atom. The predicted molar refractivity (Wildman–Crippen MR) is 77.0 cm³/mol. The van der Waals surface area contributed by atoms with Crippen LogP contribution in [0.15, 0.2) is 30.3 Å². The Balaban J connectivity index is 1.83. The summed E-state index contributed by atoms with van der Waals surface area (Å²) in [5, 5.41) is 13.8. The summed E-state index contributed by atoms with van der Waals surface area (Å²) < 4.78 is 0. The number of hydrogen-bond donors (Lipinski definition) is 2. The molecule has 1 unspecified atom stereocenters. The molecule has 0 spiro atoms. The van der Waals surface area contributed by atoms with E-state index in [9.17, 15) is 5.11 Å². The summed E-state index contributed by atoms with van der Waals surface area (Å²) in [7, 11) is 2.18. The molecule has 3 heteroatoms. The van der Waals surface area contributed by atoms with Gasteiger partial charge < -0.3 is 15.3 Å². The molecule has 0 heterocycles. The number of rotatable bonds is 7. The van der Waals surface area contributed by atoms with Crippen molar-refractivity contribution in [2.45, 2.75) is 43.3 Å². The molecule has 2 fully saturated rings. The van der Waals surface area contributed by atoms with Gasteiger partial charge in [0.2, 0.25) is 0 Å². The standard InChI is InChI=1S/C16H24N2O/c1-18(15-9-10-15)11-16(12-19,17-14-7-8-14)13-5-3-2-4-6-13/h2-6,14-15,17,19H,7-12H2,1H3. The highest BCUT2D eigenvalue weighted by molar-refractivity contribution is 5.26. The minimum Gasteiger partial charge on any atom is -0.394 e. The maximum absolute atomic E-state index is 10.1. The summed E-state index contributed by atoms with van der Waals surface area (Å²) in [5.74, 6) is 0. The van der Waals surface area contributed by atoms with Crippen LogP contribution in [-0.4, -0.2) is 42.3 Å². The minimum atomic E-state index is -0.306. The van der Waals surface area contributed by atoms with Crippen molar-refractivity contribution in [2.75, 3.05) is 20.2 Å². The molecule has 0 bridgehead atoms. The molecule has 2 aliphatic rings. The molecule has 3 nitrogen and oxygen atoms in total. The van der Waals surface area contributed by atoms with Gasteiger partial charge in [0.1, 0.15) is 0 Å². The van der Waals surface area contributed by atoms with Crippen LogP contribution in [0, 0.1) is 0 Å². The molecule has 0 saturated heterocycles. The number of nitrogens with one attached hydrogen (secondary N) is 1. The lowest BCUT2D eigenvalue weighted by molar-refractivity contribution is 0.113. The quantitative estimate of drug-likeness (QED) is 0.783. The van der Waals surface area contributed by atoms with E-state index in [0.717, 1.165) is 12.6 Å². The second-order valence-corrected chi connectivity index (χ2v) is 6.17. The van der Waals surface area contributed by atoms with Crippen LogP contribution in [-0.2, 0) is 5.54 Å². The number of benzene rings is 1. The Bertz CT molecular complexity index is 414. The van der Waals surface area contributed by atoms with Crippen molar-refractivity contribution in [3.63, 3.8) is 0 Å². The first-order valence-electron chi connectivity index (χ1n) is 7.38. The zero-order chi connectivity index (χ0) is 13.3. The maximum atomic E-state index is 10.1. The highest BCUT2D eigenvalue weighted by Crippen LogP contribution is 2.32. The molecule has 0 amide bonds. The van der Waals surface area contributed by atoms with Crippen LogP contribution in [0.4, 0.5) is 0 Å². The van der Waals surface area contributed by atoms with Crippen molar-refractivity contribution < 1.29 is 5.11 Å². The Labute approximate surface area is 115 Å². The summed E-state index contributed by atoms with van der Waals surface area (Å²) in [6, 6.07) is 11.7. The monoisotopic (exact) mass is 260 g/mol. The molecule has 104 valence electrons. The Morgan fingerprint density at radius 2 is 1.89 bits per heavy atom. The van der Waals surface area contributed by atoms with Crippen LogP contribution in [0.2, 0.25) is 0 Å². The van der Waals surface area contributed by atoms with Gasteiger partial charge in [0.05, 0.1) is 12.1 Å². The van der Waals surface area contributed by atoms with E-state index in [1.54, 1.807) is 0 Å². The molecule has 19 heavy (non-hydrogen) atoms. The lowest BCUT2D eigenvalue weighted by Crippen LogP contribution is -2.54. The van der Waals surface area contributed by atoms with Gasteiger partial charge in [-0.15, -0.1) is 0 Å². The molecule has 1 aromatic carbocycles. The first kappa shape index (κ1) is 13.1. The summed E-state index contributed by atoms with van der Waals surface area (Å²) in [4.78, 5) is 2.40. The van der Waals surface area contributed by atoms with Crippen molar-refractivity contribution in [2.24, 2.45) is 0 Å². The minimum absolute atomic E-state index is 0.157. The van der Waals surface area contributed by atoms with Crippen LogP contribution < -0.4 is 5.32 Å². The summed E-state index contributed by atoms with van der Waals surface area (Å²) in [6.07, 6.45) is 5.08. The molecule has 2 aliphatic carbocycles. The van der Waals surface area contributed by atoms with Crippen LogP contribution in [0.3, 0.4) is 0 Å². The Morgan fingerprint density at radius 3 is 2.42 bits per heavy atom. The van der Waals surface area contributed by atoms with Crippen molar-refractivity contribution in [1.29, 1.82) is 0 Å². The lowest BCUT2D eigenvalue weighted by atomic mass is 9.89. The average molecular weight is 260 g/mol. The van der Waals surface area contributed by atoms with E-state index >= 15 is 0 Å². The second-order valence-electron chi connectivity index (χ2n) is 6.17. The number of aliphatic hydroxyl groups is 1. The van der Waals surface area contributed by atoms with Gasteiger partial charge >= 0.3 is 0 Å². The van der Waals surface area contributed by atoms with Gasteiger partial charge in [0.25, 0.3) is 0 Å². The smallest absolute Gasteiger partial charge is 0.0799 e. The third-order valence-corrected chi connectivity index (χ3v) is 4.34. The van der Waals surface area contributed by atoms with E-state index in [0.29, 0.717) is 6.04 Å². The number of nitrogens with zero attached hydrogens (tertiary/aromatic N) is 1. The summed E-state index contributed by atoms with van der Waals surface area (Å²) in [5.41, 5.74) is 0.900. The maximum Gasteiger partial charge on any atom is 0.0799 e. The lowest BCUT2D eigenvalue weighted by Gasteiger charge is -2.37. The summed E-state index contributed by atoms with van der Waals surface area (Å²) >= 11 is 0. The molecule has 0 aliphatic heterocycles. The predicted octanol–water partition coefficient (Wildman–Crippen LogP) is 1.72. The normalized spacial score (nSPS) is 22.5. The SMILES string of the molecule is CN(CC(CO)(NC1CC1)c1ccccc1)C1CC1. The first-order valence-corrected chi connectivity index (χ1v) is 7.38. The molecular weight excluding hydrogens is 236 g/mol. The molecule has 3 rings (SSSR count). The molecule has 0 aromatic heterocycles. The molecule has 2 saturated carbocycles. The van der Waals surface area contributed by atoms with E-state index in [2.05, 4.69) is 41.5 Å². The van der Waals surface area contributed by atoms with Crippen LogP contribution in [0.1, 0.15) is 31.2 Å². The zero-order valence-corrected chi connectivity index (χ0v) is 11.7. The third kappa shape index (κ3) is 2.99. The fourth-order valence-electron chi connectivity index (χ4n) is 2.85. The van der Waals surface area contributed by atoms with Crippen LogP contribution in [0.5, 0.6) is 0 Å². The van der Waals surface area contributed by atoms with E-state index in [1.165, 1.54) is 31.2 Å². The van der Waals surface area contributed by atoms with Gasteiger partial charge in [-0.2, -0.15) is 0 Å². The largest absolute Gasteiger partial charge is 0.394 e. The van der Waals surface area contributed by atoms with E-state index in [1.807, 2.05) is 6.07 Å². The highest BCUT2D eigenvalue weighted by Gasteiger charge is 2.40. The van der Waals surface area contributed by atoms with E-state index in [-0.39, 0.29) is 12.1 Å². The highest BCUT2D eigenvalue weighted by atomic mass is 16.3. The Hall–Kier alpha value is -0.900.